The fourth-order valence-corrected chi connectivity index (χ4v) is 4.44. The van der Waals surface area contributed by atoms with Crippen LogP contribution >= 0.6 is 0 Å². The fourth-order valence-electron chi connectivity index (χ4n) is 2.58. The number of nitrogens with zero attached hydrogens (tertiary/aromatic N) is 1. The lowest BCUT2D eigenvalue weighted by Gasteiger charge is -2.34. The summed E-state index contributed by atoms with van der Waals surface area (Å²) in [6, 6.07) is 4.99. The van der Waals surface area contributed by atoms with Gasteiger partial charge in [0.1, 0.15) is 0 Å². The van der Waals surface area contributed by atoms with Crippen LogP contribution in [0.2, 0.25) is 0 Å². The fraction of sp³-hybridized carbons (Fsp3) is 0.571. The van der Waals surface area contributed by atoms with Gasteiger partial charge in [-0.25, -0.2) is 8.42 Å². The Kier molecular flexibility index (Phi) is 4.49. The maximum Gasteiger partial charge on any atom is 0.243 e. The monoisotopic (exact) mass is 299 g/mol. The minimum absolute atomic E-state index is 0.116. The van der Waals surface area contributed by atoms with Gasteiger partial charge < -0.3 is 9.84 Å². The summed E-state index contributed by atoms with van der Waals surface area (Å²) >= 11 is 0. The quantitative estimate of drug-likeness (QED) is 0.913. The van der Waals surface area contributed by atoms with E-state index in [1.54, 1.807) is 25.1 Å². The van der Waals surface area contributed by atoms with Crippen LogP contribution in [-0.4, -0.2) is 43.1 Å². The highest BCUT2D eigenvalue weighted by Crippen LogP contribution is 2.25. The molecule has 1 aliphatic rings. The SMILES string of the molecule is Cc1c(CO)cccc1S(=O)(=O)N1CC(C)OC(C)C1. The number of sulfonamides is 1. The zero-order valence-electron chi connectivity index (χ0n) is 12.0. The summed E-state index contributed by atoms with van der Waals surface area (Å²) in [7, 11) is -3.55. The molecule has 2 rings (SSSR count). The van der Waals surface area contributed by atoms with Gasteiger partial charge in [-0.1, -0.05) is 12.1 Å². The molecule has 0 saturated carbocycles. The van der Waals surface area contributed by atoms with E-state index in [1.807, 2.05) is 13.8 Å². The zero-order chi connectivity index (χ0) is 14.9. The first kappa shape index (κ1) is 15.4. The van der Waals surface area contributed by atoms with E-state index >= 15 is 0 Å². The number of rotatable bonds is 3. The second-order valence-electron chi connectivity index (χ2n) is 5.28. The van der Waals surface area contributed by atoms with Gasteiger partial charge in [-0.2, -0.15) is 4.31 Å². The predicted molar refractivity (Wildman–Crippen MR) is 75.9 cm³/mol. The highest BCUT2D eigenvalue weighted by Gasteiger charge is 2.33. The summed E-state index contributed by atoms with van der Waals surface area (Å²) in [4.78, 5) is 0.269. The van der Waals surface area contributed by atoms with Gasteiger partial charge in [0.25, 0.3) is 0 Å². The van der Waals surface area contributed by atoms with Crippen molar-refractivity contribution in [2.45, 2.75) is 44.5 Å². The summed E-state index contributed by atoms with van der Waals surface area (Å²) in [5.41, 5.74) is 1.25. The second kappa shape index (κ2) is 5.81. The van der Waals surface area contributed by atoms with Crippen LogP contribution < -0.4 is 0 Å². The average molecular weight is 299 g/mol. The van der Waals surface area contributed by atoms with Crippen molar-refractivity contribution in [3.8, 4) is 0 Å². The molecule has 1 aliphatic heterocycles. The molecule has 1 N–H and O–H groups in total. The number of aliphatic hydroxyl groups is 1. The zero-order valence-corrected chi connectivity index (χ0v) is 12.9. The molecule has 0 spiro atoms. The number of hydrogen-bond acceptors (Lipinski definition) is 4. The lowest BCUT2D eigenvalue weighted by molar-refractivity contribution is -0.0441. The molecular formula is C14H21NO4S. The van der Waals surface area contributed by atoms with E-state index < -0.39 is 10.0 Å². The Labute approximate surface area is 120 Å². The van der Waals surface area contributed by atoms with Crippen molar-refractivity contribution >= 4 is 10.0 Å². The molecule has 0 amide bonds. The van der Waals surface area contributed by atoms with Crippen LogP contribution in [0.5, 0.6) is 0 Å². The Hall–Kier alpha value is -0.950. The first-order valence-electron chi connectivity index (χ1n) is 6.71. The predicted octanol–water partition coefficient (Wildman–Crippen LogP) is 1.29. The first-order valence-corrected chi connectivity index (χ1v) is 8.15. The third kappa shape index (κ3) is 2.88. The molecule has 1 saturated heterocycles. The minimum atomic E-state index is -3.55. The van der Waals surface area contributed by atoms with Crippen LogP contribution in [0.3, 0.4) is 0 Å². The van der Waals surface area contributed by atoms with E-state index in [-0.39, 0.29) is 23.7 Å². The largest absolute Gasteiger partial charge is 0.392 e. The van der Waals surface area contributed by atoms with Crippen LogP contribution in [0, 0.1) is 6.92 Å². The molecule has 0 bridgehead atoms. The summed E-state index contributed by atoms with van der Waals surface area (Å²) < 4.78 is 32.6. The maximum absolute atomic E-state index is 12.8. The Morgan fingerprint density at radius 2 is 1.90 bits per heavy atom. The Balaban J connectivity index is 2.40. The highest BCUT2D eigenvalue weighted by atomic mass is 32.2. The molecule has 20 heavy (non-hydrogen) atoms. The van der Waals surface area contributed by atoms with Crippen LogP contribution in [-0.2, 0) is 21.4 Å². The van der Waals surface area contributed by atoms with Crippen molar-refractivity contribution in [1.29, 1.82) is 0 Å². The standard InChI is InChI=1S/C14H21NO4S/c1-10-7-15(8-11(2)19-10)20(17,18)14-6-4-5-13(9-16)12(14)3/h4-6,10-11,16H,7-9H2,1-3H3. The molecule has 0 radical (unpaired) electrons. The summed E-state index contributed by atoms with van der Waals surface area (Å²) in [6.45, 7) is 6.02. The smallest absolute Gasteiger partial charge is 0.243 e. The van der Waals surface area contributed by atoms with Gasteiger partial charge in [-0.3, -0.25) is 0 Å². The number of hydrogen-bond donors (Lipinski definition) is 1. The molecule has 1 fully saturated rings. The minimum Gasteiger partial charge on any atom is -0.392 e. The number of ether oxygens (including phenoxy) is 1. The number of benzene rings is 1. The van der Waals surface area contributed by atoms with Gasteiger partial charge in [0.15, 0.2) is 0 Å². The third-order valence-electron chi connectivity index (χ3n) is 3.57. The van der Waals surface area contributed by atoms with Gasteiger partial charge >= 0.3 is 0 Å². The number of aliphatic hydroxyl groups excluding tert-OH is 1. The third-order valence-corrected chi connectivity index (χ3v) is 5.55. The van der Waals surface area contributed by atoms with Gasteiger partial charge in [0.05, 0.1) is 23.7 Å². The van der Waals surface area contributed by atoms with Crippen LogP contribution in [0.4, 0.5) is 0 Å². The van der Waals surface area contributed by atoms with Crippen molar-refractivity contribution in [3.63, 3.8) is 0 Å². The van der Waals surface area contributed by atoms with Gasteiger partial charge in [-0.15, -0.1) is 0 Å². The topological polar surface area (TPSA) is 66.8 Å². The van der Waals surface area contributed by atoms with E-state index in [9.17, 15) is 13.5 Å². The van der Waals surface area contributed by atoms with Crippen LogP contribution in [0.25, 0.3) is 0 Å². The second-order valence-corrected chi connectivity index (χ2v) is 7.18. The summed E-state index contributed by atoms with van der Waals surface area (Å²) in [5.74, 6) is 0. The Morgan fingerprint density at radius 1 is 1.30 bits per heavy atom. The lowest BCUT2D eigenvalue weighted by atomic mass is 10.1. The molecule has 1 aromatic rings. The Bertz CT molecular complexity index is 575. The molecule has 6 heteroatoms. The van der Waals surface area contributed by atoms with E-state index in [4.69, 9.17) is 4.74 Å². The Morgan fingerprint density at radius 3 is 2.45 bits per heavy atom. The van der Waals surface area contributed by atoms with Gasteiger partial charge in [-0.05, 0) is 38.0 Å². The van der Waals surface area contributed by atoms with Crippen molar-refractivity contribution in [2.24, 2.45) is 0 Å². The molecule has 112 valence electrons. The maximum atomic E-state index is 12.8. The molecular weight excluding hydrogens is 278 g/mol. The number of morpholine rings is 1. The van der Waals surface area contributed by atoms with E-state index in [0.717, 1.165) is 0 Å². The van der Waals surface area contributed by atoms with Crippen molar-refractivity contribution < 1.29 is 18.3 Å². The highest BCUT2D eigenvalue weighted by molar-refractivity contribution is 7.89. The molecule has 0 aromatic heterocycles. The summed E-state index contributed by atoms with van der Waals surface area (Å²) in [5, 5.41) is 9.27. The van der Waals surface area contributed by atoms with Crippen LogP contribution in [0.1, 0.15) is 25.0 Å². The molecule has 5 nitrogen and oxygen atoms in total. The molecule has 2 atom stereocenters. The van der Waals surface area contributed by atoms with Crippen LogP contribution in [0.15, 0.2) is 23.1 Å². The van der Waals surface area contributed by atoms with E-state index in [1.165, 1.54) is 4.31 Å². The molecule has 1 heterocycles. The molecule has 2 unspecified atom stereocenters. The van der Waals surface area contributed by atoms with Crippen molar-refractivity contribution in [2.75, 3.05) is 13.1 Å². The lowest BCUT2D eigenvalue weighted by Crippen LogP contribution is -2.48. The molecule has 0 aliphatic carbocycles. The molecule has 1 aromatic carbocycles. The van der Waals surface area contributed by atoms with Gasteiger partial charge in [0, 0.05) is 13.1 Å². The van der Waals surface area contributed by atoms with Gasteiger partial charge in [0.2, 0.25) is 10.0 Å². The van der Waals surface area contributed by atoms with Crippen molar-refractivity contribution in [3.05, 3.63) is 29.3 Å². The summed E-state index contributed by atoms with van der Waals surface area (Å²) in [6.07, 6.45) is -0.232. The van der Waals surface area contributed by atoms with E-state index in [0.29, 0.717) is 24.2 Å². The first-order chi connectivity index (χ1) is 9.36. The van der Waals surface area contributed by atoms with Crippen molar-refractivity contribution in [1.82, 2.24) is 4.31 Å². The average Bonchev–Trinajstić information content (AvgIpc) is 2.37. The van der Waals surface area contributed by atoms with E-state index in [2.05, 4.69) is 0 Å². The normalized spacial score (nSPS) is 24.8.